The summed E-state index contributed by atoms with van der Waals surface area (Å²) in [5.74, 6) is 0.337. The Kier molecular flexibility index (Phi) is 5.58. The molecule has 0 aliphatic heterocycles. The van der Waals surface area contributed by atoms with Crippen molar-refractivity contribution in [3.8, 4) is 28.0 Å². The van der Waals surface area contributed by atoms with Crippen LogP contribution in [0.25, 0.3) is 22.3 Å². The van der Waals surface area contributed by atoms with E-state index in [9.17, 15) is 9.46 Å². The van der Waals surface area contributed by atoms with E-state index in [1.807, 2.05) is 66.7 Å². The van der Waals surface area contributed by atoms with Crippen LogP contribution in [0.1, 0.15) is 0 Å². The fourth-order valence-corrected chi connectivity index (χ4v) is 2.76. The molecule has 0 heterocycles. The maximum absolute atomic E-state index is 11.0. The molecule has 0 bridgehead atoms. The maximum atomic E-state index is 11.0. The van der Waals surface area contributed by atoms with Gasteiger partial charge in [0.2, 0.25) is 0 Å². The van der Waals surface area contributed by atoms with Crippen molar-refractivity contribution < 1.29 is 18.7 Å². The van der Waals surface area contributed by atoms with E-state index in [4.69, 9.17) is 4.52 Å². The van der Waals surface area contributed by atoms with Crippen LogP contribution in [-0.2, 0) is 4.57 Å². The Labute approximate surface area is 134 Å². The summed E-state index contributed by atoms with van der Waals surface area (Å²) in [6.45, 7) is 0. The first-order chi connectivity index (χ1) is 10.8. The number of hydrogen-bond donors (Lipinski definition) is 0. The smallest absolute Gasteiger partial charge is 0.539 e. The Bertz CT molecular complexity index is 792. The van der Waals surface area contributed by atoms with Gasteiger partial charge in [0.25, 0.3) is 0 Å². The second-order valence-electron chi connectivity index (χ2n) is 4.73. The Morgan fingerprint density at radius 3 is 1.87 bits per heavy atom. The SMILES string of the molecule is F.O=[P+]([O-])Oc1cccc(-c2ccccc2)c1-c1ccccc1. The highest BCUT2D eigenvalue weighted by Gasteiger charge is 2.17. The van der Waals surface area contributed by atoms with Gasteiger partial charge in [-0.25, -0.2) is 0 Å². The van der Waals surface area contributed by atoms with Gasteiger partial charge in [-0.2, -0.15) is 0 Å². The van der Waals surface area contributed by atoms with E-state index in [0.29, 0.717) is 5.75 Å². The normalized spacial score (nSPS) is 10.6. The highest BCUT2D eigenvalue weighted by Crippen LogP contribution is 2.40. The van der Waals surface area contributed by atoms with Crippen LogP contribution < -0.4 is 9.42 Å². The minimum atomic E-state index is -2.96. The van der Waals surface area contributed by atoms with Crippen molar-refractivity contribution in [3.63, 3.8) is 0 Å². The fourth-order valence-electron chi connectivity index (χ4n) is 2.45. The summed E-state index contributed by atoms with van der Waals surface area (Å²) in [4.78, 5) is 11.0. The van der Waals surface area contributed by atoms with Crippen molar-refractivity contribution in [2.24, 2.45) is 0 Å². The highest BCUT2D eigenvalue weighted by atomic mass is 31.1. The van der Waals surface area contributed by atoms with Crippen LogP contribution in [0.3, 0.4) is 0 Å². The summed E-state index contributed by atoms with van der Waals surface area (Å²) < 4.78 is 16.0. The summed E-state index contributed by atoms with van der Waals surface area (Å²) in [5.41, 5.74) is 3.62. The van der Waals surface area contributed by atoms with Crippen LogP contribution in [-0.4, -0.2) is 0 Å². The molecule has 0 aromatic heterocycles. The van der Waals surface area contributed by atoms with Gasteiger partial charge >= 0.3 is 8.25 Å². The predicted octanol–water partition coefficient (Wildman–Crippen LogP) is 4.57. The molecule has 3 aromatic rings. The average Bonchev–Trinajstić information content (AvgIpc) is 2.56. The van der Waals surface area contributed by atoms with Gasteiger partial charge in [-0.3, -0.25) is 9.23 Å². The van der Waals surface area contributed by atoms with E-state index in [1.54, 1.807) is 12.1 Å². The first kappa shape index (κ1) is 16.8. The molecule has 1 atom stereocenters. The summed E-state index contributed by atoms with van der Waals surface area (Å²) in [5, 5.41) is 0. The van der Waals surface area contributed by atoms with Gasteiger partial charge in [0.1, 0.15) is 0 Å². The molecule has 5 heteroatoms. The summed E-state index contributed by atoms with van der Waals surface area (Å²) >= 11 is 0. The molecule has 0 fully saturated rings. The van der Waals surface area contributed by atoms with Crippen LogP contribution in [0.2, 0.25) is 0 Å². The van der Waals surface area contributed by atoms with Gasteiger partial charge in [-0.15, -0.1) is 0 Å². The first-order valence-electron chi connectivity index (χ1n) is 6.82. The van der Waals surface area contributed by atoms with Crippen molar-refractivity contribution in [3.05, 3.63) is 78.9 Å². The van der Waals surface area contributed by atoms with Crippen molar-refractivity contribution in [1.29, 1.82) is 0 Å². The largest absolute Gasteiger partial charge is 0.558 e. The Morgan fingerprint density at radius 2 is 1.30 bits per heavy atom. The zero-order valence-electron chi connectivity index (χ0n) is 12.1. The summed E-state index contributed by atoms with van der Waals surface area (Å²) in [7, 11) is -2.96. The van der Waals surface area contributed by atoms with Crippen molar-refractivity contribution in [1.82, 2.24) is 0 Å². The second-order valence-corrected chi connectivity index (χ2v) is 5.36. The second kappa shape index (κ2) is 7.63. The molecule has 0 aliphatic rings. The average molecular weight is 328 g/mol. The van der Waals surface area contributed by atoms with E-state index < -0.39 is 8.25 Å². The highest BCUT2D eigenvalue weighted by molar-refractivity contribution is 7.31. The monoisotopic (exact) mass is 328 g/mol. The molecule has 0 saturated carbocycles. The minimum Gasteiger partial charge on any atom is -0.558 e. The predicted molar refractivity (Wildman–Crippen MR) is 88.1 cm³/mol. The van der Waals surface area contributed by atoms with E-state index in [-0.39, 0.29) is 4.70 Å². The molecule has 0 aliphatic carbocycles. The van der Waals surface area contributed by atoms with E-state index in [1.165, 1.54) is 0 Å². The van der Waals surface area contributed by atoms with E-state index >= 15 is 0 Å². The van der Waals surface area contributed by atoms with E-state index in [2.05, 4.69) is 0 Å². The fraction of sp³-hybridized carbons (Fsp3) is 0. The standard InChI is InChI=1S/C18H13O3P.FH/c19-22(20)21-17-13-7-12-16(14-8-3-1-4-9-14)18(17)15-10-5-2-6-11-15;/h1-13H;1H. The van der Waals surface area contributed by atoms with Gasteiger partial charge in [0.15, 0.2) is 5.75 Å². The van der Waals surface area contributed by atoms with Gasteiger partial charge < -0.3 is 4.89 Å². The number of halogens is 1. The quantitative estimate of drug-likeness (QED) is 0.659. The summed E-state index contributed by atoms with van der Waals surface area (Å²) in [6.07, 6.45) is 0. The van der Waals surface area contributed by atoms with Crippen molar-refractivity contribution in [2.45, 2.75) is 0 Å². The molecule has 23 heavy (non-hydrogen) atoms. The Balaban J connectivity index is 0.00000192. The third-order valence-electron chi connectivity index (χ3n) is 3.35. The first-order valence-corrected chi connectivity index (χ1v) is 7.91. The molecule has 3 nitrogen and oxygen atoms in total. The van der Waals surface area contributed by atoms with E-state index in [0.717, 1.165) is 22.3 Å². The lowest BCUT2D eigenvalue weighted by Crippen LogP contribution is -1.96. The minimum absolute atomic E-state index is 0. The third kappa shape index (κ3) is 3.81. The van der Waals surface area contributed by atoms with Gasteiger partial charge in [0, 0.05) is 5.56 Å². The molecule has 0 saturated heterocycles. The molecule has 0 N–H and O–H groups in total. The molecule has 3 rings (SSSR count). The van der Waals surface area contributed by atoms with Gasteiger partial charge in [0.05, 0.1) is 0 Å². The molecular weight excluding hydrogens is 314 g/mol. The molecule has 1 unspecified atom stereocenters. The van der Waals surface area contributed by atoms with Crippen LogP contribution in [0.5, 0.6) is 5.75 Å². The zero-order valence-corrected chi connectivity index (χ0v) is 13.0. The maximum Gasteiger partial charge on any atom is 0.539 e. The zero-order chi connectivity index (χ0) is 15.4. The Hall–Kier alpha value is -2.55. The molecule has 0 radical (unpaired) electrons. The molecule has 3 aromatic carbocycles. The number of benzene rings is 3. The van der Waals surface area contributed by atoms with Crippen LogP contribution in [0, 0.1) is 0 Å². The summed E-state index contributed by atoms with van der Waals surface area (Å²) in [6, 6.07) is 24.9. The number of hydrogen-bond acceptors (Lipinski definition) is 3. The number of rotatable bonds is 4. The Morgan fingerprint density at radius 1 is 0.739 bits per heavy atom. The molecule has 0 amide bonds. The topological polar surface area (TPSA) is 49.4 Å². The lowest BCUT2D eigenvalue weighted by molar-refractivity contribution is -0.178. The lowest BCUT2D eigenvalue weighted by Gasteiger charge is -2.12. The van der Waals surface area contributed by atoms with Crippen LogP contribution >= 0.6 is 8.25 Å². The molecular formula is C18H14FO3P. The van der Waals surface area contributed by atoms with Crippen LogP contribution in [0.15, 0.2) is 78.9 Å². The molecule has 116 valence electrons. The van der Waals surface area contributed by atoms with Gasteiger partial charge in [-0.05, 0) is 27.3 Å². The third-order valence-corrected chi connectivity index (χ3v) is 3.69. The van der Waals surface area contributed by atoms with Crippen LogP contribution in [0.4, 0.5) is 4.70 Å². The van der Waals surface area contributed by atoms with Gasteiger partial charge in [-0.1, -0.05) is 72.8 Å². The van der Waals surface area contributed by atoms with Crippen molar-refractivity contribution in [2.75, 3.05) is 0 Å². The van der Waals surface area contributed by atoms with Crippen molar-refractivity contribution >= 4 is 8.25 Å². The lowest BCUT2D eigenvalue weighted by atomic mass is 9.94. The molecule has 0 spiro atoms.